The highest BCUT2D eigenvalue weighted by molar-refractivity contribution is 8.00. The molecular formula is C34H25N3O4S2. The highest BCUT2D eigenvalue weighted by Crippen LogP contribution is 2.37. The normalized spacial score (nSPS) is 11.7. The summed E-state index contributed by atoms with van der Waals surface area (Å²) in [4.78, 5) is 44.0. The van der Waals surface area contributed by atoms with Crippen molar-refractivity contribution in [3.05, 3.63) is 131 Å². The number of hydrogen-bond donors (Lipinski definition) is 3. The molecule has 1 unspecified atom stereocenters. The molecule has 0 aliphatic heterocycles. The largest absolute Gasteiger partial charge is 0.478 e. The van der Waals surface area contributed by atoms with Gasteiger partial charge >= 0.3 is 5.97 Å². The van der Waals surface area contributed by atoms with Gasteiger partial charge in [-0.2, -0.15) is 0 Å². The van der Waals surface area contributed by atoms with Crippen LogP contribution in [-0.2, 0) is 4.79 Å². The first kappa shape index (κ1) is 28.1. The summed E-state index contributed by atoms with van der Waals surface area (Å²) in [6.07, 6.45) is 0. The summed E-state index contributed by atoms with van der Waals surface area (Å²) in [5.41, 5.74) is 3.72. The third-order valence-electron chi connectivity index (χ3n) is 6.86. The number of carboxylic acid groups (broad SMARTS) is 1. The molecule has 6 rings (SSSR count). The Morgan fingerprint density at radius 2 is 1.53 bits per heavy atom. The number of aryl methyl sites for hydroxylation is 1. The molecule has 212 valence electrons. The summed E-state index contributed by atoms with van der Waals surface area (Å²) >= 11 is 2.84. The van der Waals surface area contributed by atoms with Gasteiger partial charge in [-0.3, -0.25) is 9.59 Å². The van der Waals surface area contributed by atoms with Gasteiger partial charge in [-0.05, 0) is 72.0 Å². The average Bonchev–Trinajstić information content (AvgIpc) is 3.41. The van der Waals surface area contributed by atoms with Crippen LogP contribution in [-0.4, -0.2) is 27.9 Å². The second-order valence-electron chi connectivity index (χ2n) is 9.88. The molecule has 2 amide bonds. The van der Waals surface area contributed by atoms with Crippen molar-refractivity contribution >= 4 is 72.7 Å². The number of aromatic nitrogens is 1. The number of carbonyl (C=O) groups excluding carboxylic acids is 2. The van der Waals surface area contributed by atoms with Crippen LogP contribution in [0.2, 0.25) is 0 Å². The van der Waals surface area contributed by atoms with Crippen molar-refractivity contribution < 1.29 is 19.5 Å². The number of anilines is 2. The molecule has 1 aromatic heterocycles. The van der Waals surface area contributed by atoms with Crippen LogP contribution < -0.4 is 10.6 Å². The summed E-state index contributed by atoms with van der Waals surface area (Å²) in [5.74, 6) is -1.69. The smallest absolute Gasteiger partial charge is 0.336 e. The Hall–Kier alpha value is -4.99. The van der Waals surface area contributed by atoms with E-state index in [0.29, 0.717) is 21.6 Å². The quantitative estimate of drug-likeness (QED) is 0.151. The van der Waals surface area contributed by atoms with Gasteiger partial charge in [0.15, 0.2) is 5.13 Å². The molecule has 0 bridgehead atoms. The molecule has 43 heavy (non-hydrogen) atoms. The Bertz CT molecular complexity index is 1980. The summed E-state index contributed by atoms with van der Waals surface area (Å²) in [6, 6.07) is 32.8. The molecule has 1 heterocycles. The Morgan fingerprint density at radius 3 is 2.26 bits per heavy atom. The second kappa shape index (κ2) is 12.1. The lowest BCUT2D eigenvalue weighted by Gasteiger charge is -2.16. The van der Waals surface area contributed by atoms with Crippen molar-refractivity contribution in [1.82, 2.24) is 4.98 Å². The van der Waals surface area contributed by atoms with E-state index >= 15 is 0 Å². The third-order valence-corrected chi connectivity index (χ3v) is 9.06. The molecule has 0 spiro atoms. The van der Waals surface area contributed by atoms with E-state index in [1.807, 2.05) is 61.5 Å². The fraction of sp³-hybridized carbons (Fsp3) is 0.0588. The summed E-state index contributed by atoms with van der Waals surface area (Å²) in [5, 5.41) is 16.6. The van der Waals surface area contributed by atoms with Crippen molar-refractivity contribution in [3.63, 3.8) is 0 Å². The maximum Gasteiger partial charge on any atom is 0.336 e. The van der Waals surface area contributed by atoms with Crippen LogP contribution in [0.4, 0.5) is 10.8 Å². The van der Waals surface area contributed by atoms with Gasteiger partial charge in [0.1, 0.15) is 5.25 Å². The first-order chi connectivity index (χ1) is 20.9. The molecule has 3 N–H and O–H groups in total. The highest BCUT2D eigenvalue weighted by Gasteiger charge is 2.24. The Morgan fingerprint density at radius 1 is 0.814 bits per heavy atom. The van der Waals surface area contributed by atoms with Crippen molar-refractivity contribution in [1.29, 1.82) is 0 Å². The molecule has 5 aromatic carbocycles. The highest BCUT2D eigenvalue weighted by atomic mass is 32.2. The molecule has 0 fully saturated rings. The molecule has 1 atom stereocenters. The van der Waals surface area contributed by atoms with Crippen molar-refractivity contribution in [2.75, 3.05) is 10.6 Å². The molecule has 6 aromatic rings. The number of aromatic carboxylic acids is 1. The van der Waals surface area contributed by atoms with Crippen molar-refractivity contribution in [2.45, 2.75) is 17.1 Å². The lowest BCUT2D eigenvalue weighted by molar-refractivity contribution is -0.115. The van der Waals surface area contributed by atoms with E-state index in [9.17, 15) is 19.5 Å². The Balaban J connectivity index is 1.21. The van der Waals surface area contributed by atoms with Gasteiger partial charge in [0, 0.05) is 21.5 Å². The number of carboxylic acids is 1. The van der Waals surface area contributed by atoms with E-state index < -0.39 is 17.1 Å². The predicted octanol–water partition coefficient (Wildman–Crippen LogP) is 8.18. The zero-order valence-corrected chi connectivity index (χ0v) is 24.5. The second-order valence-corrected chi connectivity index (χ2v) is 12.1. The number of benzene rings is 5. The first-order valence-electron chi connectivity index (χ1n) is 13.4. The van der Waals surface area contributed by atoms with Crippen LogP contribution in [0.3, 0.4) is 0 Å². The molecule has 0 aliphatic rings. The lowest BCUT2D eigenvalue weighted by atomic mass is 9.98. The molecular weight excluding hydrogens is 579 g/mol. The van der Waals surface area contributed by atoms with Gasteiger partial charge in [-0.1, -0.05) is 72.0 Å². The maximum atomic E-state index is 13.5. The Kier molecular flexibility index (Phi) is 7.91. The number of hydrogen-bond acceptors (Lipinski definition) is 6. The molecule has 0 saturated heterocycles. The predicted molar refractivity (Wildman–Crippen MR) is 173 cm³/mol. The number of fused-ring (bicyclic) bond motifs is 2. The summed E-state index contributed by atoms with van der Waals surface area (Å²) in [6.45, 7) is 2.02. The van der Waals surface area contributed by atoms with Gasteiger partial charge < -0.3 is 15.7 Å². The van der Waals surface area contributed by atoms with E-state index in [1.165, 1.54) is 29.2 Å². The number of thioether (sulfide) groups is 1. The maximum absolute atomic E-state index is 13.5. The van der Waals surface area contributed by atoms with Crippen LogP contribution >= 0.6 is 23.1 Å². The van der Waals surface area contributed by atoms with Gasteiger partial charge in [0.05, 0.1) is 15.8 Å². The number of amides is 2. The van der Waals surface area contributed by atoms with Crippen LogP contribution in [0, 0.1) is 6.92 Å². The molecule has 0 aliphatic carbocycles. The minimum atomic E-state index is -1.09. The van der Waals surface area contributed by atoms with Gasteiger partial charge in [-0.25, -0.2) is 9.78 Å². The van der Waals surface area contributed by atoms with Gasteiger partial charge in [0.2, 0.25) is 5.91 Å². The van der Waals surface area contributed by atoms with Gasteiger partial charge in [-0.15, -0.1) is 11.8 Å². The van der Waals surface area contributed by atoms with Gasteiger partial charge in [0.25, 0.3) is 5.91 Å². The van der Waals surface area contributed by atoms with Crippen molar-refractivity contribution in [2.24, 2.45) is 0 Å². The monoisotopic (exact) mass is 603 g/mol. The van der Waals surface area contributed by atoms with Crippen LogP contribution in [0.1, 0.15) is 37.1 Å². The number of nitrogens with zero attached hydrogens (tertiary/aromatic N) is 1. The zero-order chi connectivity index (χ0) is 29.9. The SMILES string of the molecule is Cc1ccc2nc(NC(=O)C(Sc3ccc(NC(=O)c4cccc5cccc(C(=O)O)c45)cc3)c3ccccc3)sc2c1. The molecule has 7 nitrogen and oxygen atoms in total. The van der Waals surface area contributed by atoms with E-state index in [2.05, 4.69) is 21.7 Å². The fourth-order valence-corrected chi connectivity index (χ4v) is 6.81. The number of nitrogens with one attached hydrogen (secondary N) is 2. The van der Waals surface area contributed by atoms with Crippen LogP contribution in [0.25, 0.3) is 21.0 Å². The van der Waals surface area contributed by atoms with Crippen LogP contribution in [0.15, 0.2) is 114 Å². The first-order valence-corrected chi connectivity index (χ1v) is 15.1. The van der Waals surface area contributed by atoms with E-state index in [4.69, 9.17) is 0 Å². The molecule has 0 saturated carbocycles. The number of rotatable bonds is 8. The average molecular weight is 604 g/mol. The topological polar surface area (TPSA) is 108 Å². The number of thiazole rings is 1. The summed E-state index contributed by atoms with van der Waals surface area (Å²) < 4.78 is 1.01. The van der Waals surface area contributed by atoms with E-state index in [1.54, 1.807) is 42.5 Å². The number of carbonyl (C=O) groups is 3. The summed E-state index contributed by atoms with van der Waals surface area (Å²) in [7, 11) is 0. The standard InChI is InChI=1S/C34H25N3O4S2/c1-20-13-18-27-28(19-20)43-34(36-27)37-32(39)30(22-7-3-2-4-8-22)42-24-16-14-23(15-17-24)35-31(38)25-11-5-9-21-10-6-12-26(29(21)25)33(40)41/h2-19,30H,1H3,(H,35,38)(H,40,41)(H,36,37,39). The van der Waals surface area contributed by atoms with Crippen LogP contribution in [0.5, 0.6) is 0 Å². The zero-order valence-electron chi connectivity index (χ0n) is 22.9. The van der Waals surface area contributed by atoms with Crippen molar-refractivity contribution in [3.8, 4) is 0 Å². The Labute approximate surface area is 255 Å². The minimum Gasteiger partial charge on any atom is -0.478 e. The van der Waals surface area contributed by atoms with E-state index in [0.717, 1.165) is 26.2 Å². The third kappa shape index (κ3) is 6.13. The van der Waals surface area contributed by atoms with E-state index in [-0.39, 0.29) is 17.0 Å². The fourth-order valence-electron chi connectivity index (χ4n) is 4.82. The molecule has 0 radical (unpaired) electrons. The lowest BCUT2D eigenvalue weighted by Crippen LogP contribution is -2.18. The molecule has 9 heteroatoms. The minimum absolute atomic E-state index is 0.0705.